The molecule has 1 heterocycles. The van der Waals surface area contributed by atoms with Crippen LogP contribution in [0.25, 0.3) is 10.1 Å². The maximum absolute atomic E-state index is 5.80. The van der Waals surface area contributed by atoms with Crippen molar-refractivity contribution in [2.75, 3.05) is 5.73 Å². The number of fused-ring (bicyclic) bond motifs is 1. The summed E-state index contributed by atoms with van der Waals surface area (Å²) < 4.78 is 1.30. The Labute approximate surface area is 106 Å². The van der Waals surface area contributed by atoms with Gasteiger partial charge in [-0.2, -0.15) is 0 Å². The summed E-state index contributed by atoms with van der Waals surface area (Å²) in [6, 6.07) is 6.94. The lowest BCUT2D eigenvalue weighted by Gasteiger charge is -2.10. The molecule has 1 aliphatic rings. The van der Waals surface area contributed by atoms with Crippen LogP contribution < -0.4 is 11.1 Å². The third-order valence-corrected chi connectivity index (χ3v) is 4.61. The highest BCUT2D eigenvalue weighted by molar-refractivity contribution is 7.17. The Morgan fingerprint density at radius 3 is 2.94 bits per heavy atom. The average molecular weight is 246 g/mol. The molecule has 1 saturated carbocycles. The maximum atomic E-state index is 5.80. The molecule has 17 heavy (non-hydrogen) atoms. The van der Waals surface area contributed by atoms with Crippen LogP contribution >= 0.6 is 11.3 Å². The number of benzene rings is 1. The molecular formula is C14H18N2S. The lowest BCUT2D eigenvalue weighted by atomic mass is 10.1. The van der Waals surface area contributed by atoms with E-state index in [2.05, 4.69) is 22.8 Å². The zero-order valence-electron chi connectivity index (χ0n) is 9.91. The largest absolute Gasteiger partial charge is 0.399 e. The van der Waals surface area contributed by atoms with Crippen molar-refractivity contribution in [3.8, 4) is 0 Å². The molecule has 90 valence electrons. The first-order valence-electron chi connectivity index (χ1n) is 6.32. The Morgan fingerprint density at radius 2 is 2.12 bits per heavy atom. The minimum absolute atomic E-state index is 0.735. The molecular weight excluding hydrogens is 228 g/mol. The van der Waals surface area contributed by atoms with Crippen LogP contribution in [0, 0.1) is 0 Å². The number of nitrogens with one attached hydrogen (secondary N) is 1. The monoisotopic (exact) mass is 246 g/mol. The molecule has 3 N–H and O–H groups in total. The smallest absolute Gasteiger partial charge is 0.0366 e. The Balaban J connectivity index is 1.76. The fourth-order valence-corrected chi connectivity index (χ4v) is 3.63. The van der Waals surface area contributed by atoms with E-state index in [0.29, 0.717) is 0 Å². The highest BCUT2D eigenvalue weighted by atomic mass is 32.1. The molecule has 3 rings (SSSR count). The van der Waals surface area contributed by atoms with E-state index < -0.39 is 0 Å². The number of hydrogen-bond donors (Lipinski definition) is 2. The summed E-state index contributed by atoms with van der Waals surface area (Å²) in [5.41, 5.74) is 8.07. The second kappa shape index (κ2) is 4.67. The summed E-state index contributed by atoms with van der Waals surface area (Å²) in [7, 11) is 0. The molecule has 0 amide bonds. The van der Waals surface area contributed by atoms with Crippen molar-refractivity contribution in [1.29, 1.82) is 0 Å². The number of thiophene rings is 1. The zero-order chi connectivity index (χ0) is 11.7. The van der Waals surface area contributed by atoms with Gasteiger partial charge < -0.3 is 11.1 Å². The molecule has 0 spiro atoms. The summed E-state index contributed by atoms with van der Waals surface area (Å²) in [5, 5.41) is 7.28. The Hall–Kier alpha value is -1.06. The van der Waals surface area contributed by atoms with Crippen LogP contribution in [0.4, 0.5) is 5.69 Å². The highest BCUT2D eigenvalue weighted by Gasteiger charge is 2.14. The van der Waals surface area contributed by atoms with Gasteiger partial charge in [-0.15, -0.1) is 11.3 Å². The summed E-state index contributed by atoms with van der Waals surface area (Å²) in [6.45, 7) is 0.995. The van der Waals surface area contributed by atoms with Gasteiger partial charge in [-0.05, 0) is 41.3 Å². The fourth-order valence-electron chi connectivity index (χ4n) is 2.62. The number of nitrogens with two attached hydrogens (primary N) is 1. The molecule has 0 aliphatic heterocycles. The van der Waals surface area contributed by atoms with Gasteiger partial charge in [-0.3, -0.25) is 0 Å². The van der Waals surface area contributed by atoms with Crippen molar-refractivity contribution in [3.63, 3.8) is 0 Å². The van der Waals surface area contributed by atoms with Crippen molar-refractivity contribution in [1.82, 2.24) is 5.32 Å². The first-order chi connectivity index (χ1) is 8.33. The zero-order valence-corrected chi connectivity index (χ0v) is 10.7. The van der Waals surface area contributed by atoms with Crippen molar-refractivity contribution in [2.24, 2.45) is 0 Å². The van der Waals surface area contributed by atoms with Crippen LogP contribution in [0.5, 0.6) is 0 Å². The molecule has 1 aromatic carbocycles. The van der Waals surface area contributed by atoms with Crippen LogP contribution in [-0.2, 0) is 6.54 Å². The summed E-state index contributed by atoms with van der Waals surface area (Å²) >= 11 is 1.79. The van der Waals surface area contributed by atoms with Crippen LogP contribution in [0.2, 0.25) is 0 Å². The van der Waals surface area contributed by atoms with Crippen LogP contribution in [-0.4, -0.2) is 6.04 Å². The highest BCUT2D eigenvalue weighted by Crippen LogP contribution is 2.28. The third kappa shape index (κ3) is 2.31. The maximum Gasteiger partial charge on any atom is 0.0366 e. The van der Waals surface area contributed by atoms with E-state index in [1.807, 2.05) is 6.07 Å². The molecule has 0 radical (unpaired) electrons. The predicted octanol–water partition coefficient (Wildman–Crippen LogP) is 3.52. The summed E-state index contributed by atoms with van der Waals surface area (Å²) in [6.07, 6.45) is 5.46. The molecule has 0 atom stereocenters. The Morgan fingerprint density at radius 1 is 1.29 bits per heavy atom. The molecule has 1 aromatic heterocycles. The molecule has 2 nitrogen and oxygen atoms in total. The molecule has 1 fully saturated rings. The van der Waals surface area contributed by atoms with Crippen LogP contribution in [0.3, 0.4) is 0 Å². The molecule has 0 saturated heterocycles. The van der Waals surface area contributed by atoms with Crippen molar-refractivity contribution in [2.45, 2.75) is 38.3 Å². The van der Waals surface area contributed by atoms with Crippen molar-refractivity contribution < 1.29 is 0 Å². The van der Waals surface area contributed by atoms with E-state index in [1.165, 1.54) is 41.3 Å². The standard InChI is InChI=1S/C14H18N2S/c15-11-5-6-13-10(9-17-14(13)7-11)8-16-12-3-1-2-4-12/h5-7,9,12,16H,1-4,8,15H2. The first kappa shape index (κ1) is 11.1. The molecule has 3 heteroatoms. The van der Waals surface area contributed by atoms with Crippen LogP contribution in [0.1, 0.15) is 31.2 Å². The van der Waals surface area contributed by atoms with Gasteiger partial charge in [0.15, 0.2) is 0 Å². The Bertz CT molecular complexity index is 512. The molecule has 2 aromatic rings. The average Bonchev–Trinajstić information content (AvgIpc) is 2.94. The molecule has 0 unspecified atom stereocenters. The second-order valence-corrected chi connectivity index (χ2v) is 5.79. The Kier molecular flexibility index (Phi) is 3.04. The second-order valence-electron chi connectivity index (χ2n) is 4.88. The normalized spacial score (nSPS) is 16.9. The van der Waals surface area contributed by atoms with Gasteiger partial charge in [0.25, 0.3) is 0 Å². The van der Waals surface area contributed by atoms with Gasteiger partial charge in [0, 0.05) is 23.0 Å². The summed E-state index contributed by atoms with van der Waals surface area (Å²) in [5.74, 6) is 0. The van der Waals surface area contributed by atoms with Gasteiger partial charge in [0.2, 0.25) is 0 Å². The van der Waals surface area contributed by atoms with Gasteiger partial charge in [0.05, 0.1) is 0 Å². The SMILES string of the molecule is Nc1ccc2c(CNC3CCCC3)csc2c1. The minimum atomic E-state index is 0.735. The van der Waals surface area contributed by atoms with E-state index in [9.17, 15) is 0 Å². The summed E-state index contributed by atoms with van der Waals surface area (Å²) in [4.78, 5) is 0. The van der Waals surface area contributed by atoms with E-state index >= 15 is 0 Å². The van der Waals surface area contributed by atoms with Crippen molar-refractivity contribution >= 4 is 27.1 Å². The lowest BCUT2D eigenvalue weighted by molar-refractivity contribution is 0.526. The van der Waals surface area contributed by atoms with E-state index in [4.69, 9.17) is 5.73 Å². The quantitative estimate of drug-likeness (QED) is 0.813. The fraction of sp³-hybridized carbons (Fsp3) is 0.429. The third-order valence-electron chi connectivity index (χ3n) is 3.62. The molecule has 1 aliphatic carbocycles. The van der Waals surface area contributed by atoms with Gasteiger partial charge in [0.1, 0.15) is 0 Å². The van der Waals surface area contributed by atoms with Gasteiger partial charge >= 0.3 is 0 Å². The van der Waals surface area contributed by atoms with Gasteiger partial charge in [-0.1, -0.05) is 18.9 Å². The first-order valence-corrected chi connectivity index (χ1v) is 7.20. The number of nitrogen functional groups attached to an aromatic ring is 1. The lowest BCUT2D eigenvalue weighted by Crippen LogP contribution is -2.25. The number of anilines is 1. The van der Waals surface area contributed by atoms with E-state index in [1.54, 1.807) is 11.3 Å². The topological polar surface area (TPSA) is 38.0 Å². The number of hydrogen-bond acceptors (Lipinski definition) is 3. The molecule has 0 bridgehead atoms. The predicted molar refractivity (Wildman–Crippen MR) is 75.3 cm³/mol. The van der Waals surface area contributed by atoms with Crippen LogP contribution in [0.15, 0.2) is 23.6 Å². The number of rotatable bonds is 3. The minimum Gasteiger partial charge on any atom is -0.399 e. The van der Waals surface area contributed by atoms with E-state index in [0.717, 1.165) is 18.3 Å². The van der Waals surface area contributed by atoms with E-state index in [-0.39, 0.29) is 0 Å². The van der Waals surface area contributed by atoms with Crippen molar-refractivity contribution in [3.05, 3.63) is 29.1 Å². The van der Waals surface area contributed by atoms with Gasteiger partial charge in [-0.25, -0.2) is 0 Å².